The minimum Gasteiger partial charge on any atom is -0.382 e. The Hall–Kier alpha value is -1.32. The quantitative estimate of drug-likeness (QED) is 0.839. The molecule has 0 unspecified atom stereocenters. The Morgan fingerprint density at radius 1 is 1.22 bits per heavy atom. The van der Waals surface area contributed by atoms with E-state index >= 15 is 0 Å². The van der Waals surface area contributed by atoms with Crippen molar-refractivity contribution in [2.75, 3.05) is 18.4 Å². The van der Waals surface area contributed by atoms with Gasteiger partial charge in [-0.15, -0.1) is 0 Å². The zero-order valence-corrected chi connectivity index (χ0v) is 14.8. The summed E-state index contributed by atoms with van der Waals surface area (Å²) in [5.74, 6) is 0. The molecule has 0 aliphatic heterocycles. The minimum absolute atomic E-state index is 0.538. The van der Waals surface area contributed by atoms with E-state index in [4.69, 9.17) is 11.6 Å². The van der Waals surface area contributed by atoms with Crippen LogP contribution in [-0.2, 0) is 0 Å². The lowest BCUT2D eigenvalue weighted by Crippen LogP contribution is -2.42. The predicted octanol–water partition coefficient (Wildman–Crippen LogP) is 4.95. The summed E-state index contributed by atoms with van der Waals surface area (Å²) in [6.07, 6.45) is 6.96. The smallest absolute Gasteiger partial charge is 0.0737 e. The monoisotopic (exact) mass is 331 g/mol. The molecular formula is C19H26ClN3. The van der Waals surface area contributed by atoms with Gasteiger partial charge in [-0.1, -0.05) is 25.4 Å². The zero-order chi connectivity index (χ0) is 16.2. The molecule has 1 aliphatic carbocycles. The van der Waals surface area contributed by atoms with Gasteiger partial charge in [0.15, 0.2) is 0 Å². The Balaban J connectivity index is 1.76. The highest BCUT2D eigenvalue weighted by Gasteiger charge is 2.25. The third kappa shape index (κ3) is 3.78. The van der Waals surface area contributed by atoms with Gasteiger partial charge in [0.1, 0.15) is 0 Å². The van der Waals surface area contributed by atoms with E-state index in [9.17, 15) is 0 Å². The molecule has 0 spiro atoms. The number of rotatable bonds is 5. The van der Waals surface area contributed by atoms with Crippen LogP contribution in [0.2, 0.25) is 5.02 Å². The predicted molar refractivity (Wildman–Crippen MR) is 99.3 cm³/mol. The number of aromatic nitrogens is 1. The van der Waals surface area contributed by atoms with E-state index in [0.29, 0.717) is 12.1 Å². The van der Waals surface area contributed by atoms with Crippen LogP contribution in [0, 0.1) is 0 Å². The summed E-state index contributed by atoms with van der Waals surface area (Å²) in [5, 5.41) is 5.66. The molecule has 0 saturated heterocycles. The van der Waals surface area contributed by atoms with Crippen LogP contribution in [0.15, 0.2) is 30.5 Å². The molecule has 1 aromatic heterocycles. The van der Waals surface area contributed by atoms with Gasteiger partial charge in [-0.2, -0.15) is 0 Å². The van der Waals surface area contributed by atoms with Gasteiger partial charge in [0, 0.05) is 34.4 Å². The van der Waals surface area contributed by atoms with E-state index in [1.165, 1.54) is 31.4 Å². The Morgan fingerprint density at radius 2 is 2.04 bits per heavy atom. The normalized spacial score (nSPS) is 21.7. The standard InChI is InChI=1S/C19H26ClN3/c1-3-23(4-2)16-7-5-6-15(13-16)22-18-10-11-21-19-12-14(20)8-9-17(18)19/h8-12,15-16H,3-7,13H2,1-2H3,(H,21,22)/t15-,16-/m0/s1. The number of hydrogen-bond donors (Lipinski definition) is 1. The number of benzene rings is 1. The summed E-state index contributed by atoms with van der Waals surface area (Å²) in [4.78, 5) is 7.03. The minimum atomic E-state index is 0.538. The maximum absolute atomic E-state index is 6.08. The first-order valence-corrected chi connectivity index (χ1v) is 9.14. The Morgan fingerprint density at radius 3 is 2.83 bits per heavy atom. The van der Waals surface area contributed by atoms with Crippen molar-refractivity contribution in [3.63, 3.8) is 0 Å². The van der Waals surface area contributed by atoms with Crippen molar-refractivity contribution in [3.8, 4) is 0 Å². The average Bonchev–Trinajstić information content (AvgIpc) is 2.56. The van der Waals surface area contributed by atoms with E-state index in [0.717, 1.165) is 29.0 Å². The molecule has 124 valence electrons. The molecule has 1 aliphatic rings. The van der Waals surface area contributed by atoms with Crippen molar-refractivity contribution < 1.29 is 0 Å². The van der Waals surface area contributed by atoms with Gasteiger partial charge >= 0.3 is 0 Å². The summed E-state index contributed by atoms with van der Waals surface area (Å²) in [6, 6.07) is 9.27. The number of nitrogens with zero attached hydrogens (tertiary/aromatic N) is 2. The highest BCUT2D eigenvalue weighted by atomic mass is 35.5. The second-order valence-corrected chi connectivity index (χ2v) is 6.84. The molecule has 1 N–H and O–H groups in total. The van der Waals surface area contributed by atoms with Crippen LogP contribution in [0.1, 0.15) is 39.5 Å². The highest BCUT2D eigenvalue weighted by molar-refractivity contribution is 6.31. The number of pyridine rings is 1. The third-order valence-electron chi connectivity index (χ3n) is 5.04. The molecule has 1 heterocycles. The lowest BCUT2D eigenvalue weighted by molar-refractivity contribution is 0.166. The molecule has 0 bridgehead atoms. The first-order chi connectivity index (χ1) is 11.2. The van der Waals surface area contributed by atoms with Crippen LogP contribution in [0.25, 0.3) is 10.9 Å². The fourth-order valence-electron chi connectivity index (χ4n) is 3.83. The van der Waals surface area contributed by atoms with Crippen molar-refractivity contribution in [2.24, 2.45) is 0 Å². The molecule has 23 heavy (non-hydrogen) atoms. The molecule has 2 atom stereocenters. The highest BCUT2D eigenvalue weighted by Crippen LogP contribution is 2.29. The average molecular weight is 332 g/mol. The van der Waals surface area contributed by atoms with E-state index < -0.39 is 0 Å². The molecular weight excluding hydrogens is 306 g/mol. The molecule has 1 fully saturated rings. The van der Waals surface area contributed by atoms with Gasteiger partial charge < -0.3 is 10.2 Å². The Labute approximate surface area is 144 Å². The number of nitrogens with one attached hydrogen (secondary N) is 1. The molecule has 0 radical (unpaired) electrons. The summed E-state index contributed by atoms with van der Waals surface area (Å²) in [7, 11) is 0. The zero-order valence-electron chi connectivity index (χ0n) is 14.1. The van der Waals surface area contributed by atoms with Crippen molar-refractivity contribution in [2.45, 2.75) is 51.6 Å². The van der Waals surface area contributed by atoms with Gasteiger partial charge in [-0.25, -0.2) is 0 Å². The van der Waals surface area contributed by atoms with E-state index in [1.807, 2.05) is 18.3 Å². The molecule has 2 aromatic rings. The maximum atomic E-state index is 6.08. The second-order valence-electron chi connectivity index (χ2n) is 6.40. The van der Waals surface area contributed by atoms with Crippen LogP contribution in [0.3, 0.4) is 0 Å². The Bertz CT molecular complexity index is 654. The number of anilines is 1. The summed E-state index contributed by atoms with van der Waals surface area (Å²) < 4.78 is 0. The first kappa shape index (κ1) is 16.5. The van der Waals surface area contributed by atoms with Crippen molar-refractivity contribution >= 4 is 28.2 Å². The molecule has 0 amide bonds. The van der Waals surface area contributed by atoms with Gasteiger partial charge in [0.2, 0.25) is 0 Å². The van der Waals surface area contributed by atoms with Crippen LogP contribution < -0.4 is 5.32 Å². The second kappa shape index (κ2) is 7.50. The topological polar surface area (TPSA) is 28.2 Å². The van der Waals surface area contributed by atoms with Crippen LogP contribution >= 0.6 is 11.6 Å². The SMILES string of the molecule is CCN(CC)[C@H]1CCC[C@H](Nc2ccnc3cc(Cl)ccc23)C1. The van der Waals surface area contributed by atoms with Crippen LogP contribution in [0.5, 0.6) is 0 Å². The van der Waals surface area contributed by atoms with Crippen molar-refractivity contribution in [3.05, 3.63) is 35.5 Å². The van der Waals surface area contributed by atoms with Gasteiger partial charge in [-0.05, 0) is 63.0 Å². The molecule has 3 rings (SSSR count). The summed E-state index contributed by atoms with van der Waals surface area (Å²) >= 11 is 6.08. The van der Waals surface area contributed by atoms with Crippen LogP contribution in [-0.4, -0.2) is 35.1 Å². The molecule has 1 aromatic carbocycles. The lowest BCUT2D eigenvalue weighted by Gasteiger charge is -2.37. The van der Waals surface area contributed by atoms with E-state index in [2.05, 4.69) is 41.2 Å². The van der Waals surface area contributed by atoms with Crippen molar-refractivity contribution in [1.29, 1.82) is 0 Å². The first-order valence-electron chi connectivity index (χ1n) is 8.76. The summed E-state index contributed by atoms with van der Waals surface area (Å²) in [6.45, 7) is 6.82. The van der Waals surface area contributed by atoms with Crippen LogP contribution in [0.4, 0.5) is 5.69 Å². The van der Waals surface area contributed by atoms with Crippen molar-refractivity contribution in [1.82, 2.24) is 9.88 Å². The number of fused-ring (bicyclic) bond motifs is 1. The van der Waals surface area contributed by atoms with E-state index in [-0.39, 0.29) is 0 Å². The fourth-order valence-corrected chi connectivity index (χ4v) is 4.00. The number of halogens is 1. The van der Waals surface area contributed by atoms with E-state index in [1.54, 1.807) is 0 Å². The van der Waals surface area contributed by atoms with Gasteiger partial charge in [0.25, 0.3) is 0 Å². The summed E-state index contributed by atoms with van der Waals surface area (Å²) in [5.41, 5.74) is 2.13. The third-order valence-corrected chi connectivity index (χ3v) is 5.27. The number of hydrogen-bond acceptors (Lipinski definition) is 3. The fraction of sp³-hybridized carbons (Fsp3) is 0.526. The lowest BCUT2D eigenvalue weighted by atomic mass is 9.89. The molecule has 3 nitrogen and oxygen atoms in total. The largest absolute Gasteiger partial charge is 0.382 e. The Kier molecular flexibility index (Phi) is 5.39. The molecule has 1 saturated carbocycles. The van der Waals surface area contributed by atoms with Gasteiger partial charge in [0.05, 0.1) is 5.52 Å². The maximum Gasteiger partial charge on any atom is 0.0737 e. The van der Waals surface area contributed by atoms with Gasteiger partial charge in [-0.3, -0.25) is 4.98 Å². The molecule has 4 heteroatoms.